The molecule has 1 aromatic carbocycles. The molecular formula is C39H55N8O14S2+. The minimum Gasteiger partial charge on any atom is -0.489 e. The first-order valence-electron chi connectivity index (χ1n) is 19.8. The third kappa shape index (κ3) is 12.5. The van der Waals surface area contributed by atoms with Crippen LogP contribution in [0.5, 0.6) is 5.75 Å². The molecule has 2 aromatic heterocycles. The van der Waals surface area contributed by atoms with E-state index >= 15 is 0 Å². The van der Waals surface area contributed by atoms with Crippen LogP contribution >= 0.6 is 11.3 Å². The Labute approximate surface area is 368 Å². The summed E-state index contributed by atoms with van der Waals surface area (Å²) in [6.07, 6.45) is -0.144. The number of fused-ring (bicyclic) bond motifs is 1. The van der Waals surface area contributed by atoms with E-state index in [-0.39, 0.29) is 23.0 Å². The van der Waals surface area contributed by atoms with Gasteiger partial charge >= 0.3 is 28.6 Å². The van der Waals surface area contributed by atoms with Gasteiger partial charge in [0.05, 0.1) is 23.7 Å². The number of aryl methyl sites for hydroxylation is 1. The average molecular weight is 924 g/mol. The lowest BCUT2D eigenvalue weighted by molar-refractivity contribution is -0.733. The summed E-state index contributed by atoms with van der Waals surface area (Å²) in [6, 6.07) is 3.88. The SMILES string of the molecule is C[n+]1c2ccc(OCC(O/N=C(\C(=O)NC3C(=O)N(OS(=O)(=O)O)C3(C)C)c3csc(NC(=O)OC(C)(C)C)n3)C(=O)OC(C)(C)C)cc2cn1C1CCN(C(=O)OC(C)(C)C)C1. The number of thiazole rings is 1. The summed E-state index contributed by atoms with van der Waals surface area (Å²) in [4.78, 5) is 77.2. The van der Waals surface area contributed by atoms with Gasteiger partial charge in [0, 0.05) is 18.0 Å². The van der Waals surface area contributed by atoms with Gasteiger partial charge in [-0.15, -0.1) is 20.3 Å². The number of likely N-dealkylation sites (tertiary alicyclic amines) is 1. The maximum atomic E-state index is 13.9. The van der Waals surface area contributed by atoms with Crippen molar-refractivity contribution in [2.45, 2.75) is 123 Å². The Kier molecular flexibility index (Phi) is 13.8. The molecule has 3 aromatic rings. The van der Waals surface area contributed by atoms with Crippen LogP contribution in [0.15, 0.2) is 34.9 Å². The van der Waals surface area contributed by atoms with Crippen LogP contribution in [0.2, 0.25) is 0 Å². The van der Waals surface area contributed by atoms with Gasteiger partial charge in [0.15, 0.2) is 17.9 Å². The molecule has 4 amide bonds. The van der Waals surface area contributed by atoms with Gasteiger partial charge in [0.1, 0.15) is 46.9 Å². The number of β-lactam (4-membered cyclic amide) rings is 1. The Morgan fingerprint density at radius 3 is 2.29 bits per heavy atom. The number of nitrogens with zero attached hydrogens (tertiary/aromatic N) is 6. The number of carbonyl (C=O) groups is 5. The summed E-state index contributed by atoms with van der Waals surface area (Å²) in [5, 5.41) is 11.4. The quantitative estimate of drug-likeness (QED) is 0.0419. The molecule has 3 unspecified atom stereocenters. The van der Waals surface area contributed by atoms with Gasteiger partial charge < -0.3 is 34.0 Å². The Balaban J connectivity index is 1.39. The summed E-state index contributed by atoms with van der Waals surface area (Å²) in [5.41, 5.74) is -3.80. The van der Waals surface area contributed by atoms with Crippen molar-refractivity contribution in [1.29, 1.82) is 0 Å². The third-order valence-corrected chi connectivity index (χ3v) is 10.3. The second-order valence-corrected chi connectivity index (χ2v) is 20.2. The fourth-order valence-corrected chi connectivity index (χ4v) is 7.56. The molecule has 2 fully saturated rings. The van der Waals surface area contributed by atoms with Crippen molar-refractivity contribution < 1.29 is 69.7 Å². The lowest BCUT2D eigenvalue weighted by atomic mass is 9.84. The van der Waals surface area contributed by atoms with Crippen LogP contribution in [0.3, 0.4) is 0 Å². The average Bonchev–Trinajstić information content (AvgIpc) is 3.87. The Bertz CT molecular complexity index is 2390. The standard InChI is InChI=1S/C39H54N8O14S2/c1-36(2,3)57-32(50)27(20-56-24-13-14-26-22(17-24)18-46(44(26)12)23-15-16-45(19-23)35(52)59-38(7,8)9)60-43-28(25-21-62-33(40-25)42-34(51)58-37(4,5)6)30(48)41-29-31(49)47(39(29,10)11)61-63(53,54)55/h13-14,17-18,21,23,27,29H,15-16,19-20H2,1-12H3,(H2-,40,41,42,48,51,53,54,55)/p+1/b43-28-. The minimum atomic E-state index is -5.09. The van der Waals surface area contributed by atoms with E-state index in [1.807, 2.05) is 49.4 Å². The smallest absolute Gasteiger partial charge is 0.418 e. The Hall–Kier alpha value is -5.59. The van der Waals surface area contributed by atoms with E-state index in [1.54, 1.807) is 58.6 Å². The van der Waals surface area contributed by atoms with Crippen LogP contribution in [0.4, 0.5) is 14.7 Å². The van der Waals surface area contributed by atoms with Gasteiger partial charge in [-0.2, -0.15) is 18.2 Å². The molecule has 0 bridgehead atoms. The number of hydrogen-bond acceptors (Lipinski definition) is 16. The number of hydroxylamine groups is 2. The van der Waals surface area contributed by atoms with Gasteiger partial charge in [-0.1, -0.05) is 5.16 Å². The molecular weight excluding hydrogens is 869 g/mol. The molecule has 0 saturated carbocycles. The molecule has 3 atom stereocenters. The van der Waals surface area contributed by atoms with Crippen LogP contribution in [-0.2, 0) is 55.2 Å². The van der Waals surface area contributed by atoms with E-state index in [4.69, 9.17) is 28.3 Å². The van der Waals surface area contributed by atoms with Crippen molar-refractivity contribution in [2.75, 3.05) is 25.0 Å². The van der Waals surface area contributed by atoms with E-state index < -0.39 is 81.1 Å². The fourth-order valence-electron chi connectivity index (χ4n) is 6.43. The fraction of sp³-hybridized carbons (Fsp3) is 0.590. The number of aromatic nitrogens is 3. The molecule has 346 valence electrons. The van der Waals surface area contributed by atoms with Gasteiger partial charge in [-0.05, 0) is 94.7 Å². The largest absolute Gasteiger partial charge is 0.489 e. The first-order chi connectivity index (χ1) is 28.9. The van der Waals surface area contributed by atoms with Crippen molar-refractivity contribution in [1.82, 2.24) is 24.9 Å². The summed E-state index contributed by atoms with van der Waals surface area (Å²) in [5.74, 6) is -2.64. The zero-order valence-corrected chi connectivity index (χ0v) is 38.8. The van der Waals surface area contributed by atoms with Crippen molar-refractivity contribution >= 4 is 73.5 Å². The molecule has 63 heavy (non-hydrogen) atoms. The summed E-state index contributed by atoms with van der Waals surface area (Å²) in [6.45, 7) is 18.6. The van der Waals surface area contributed by atoms with E-state index in [0.717, 1.165) is 22.2 Å². The number of oxime groups is 1. The number of hydrogen-bond donors (Lipinski definition) is 3. The summed E-state index contributed by atoms with van der Waals surface area (Å²) < 4.78 is 62.8. The highest BCUT2D eigenvalue weighted by molar-refractivity contribution is 7.80. The number of ether oxygens (including phenoxy) is 4. The minimum absolute atomic E-state index is 0.00882. The molecule has 4 heterocycles. The summed E-state index contributed by atoms with van der Waals surface area (Å²) >= 11 is 0.894. The molecule has 2 aliphatic rings. The number of amides is 4. The zero-order valence-electron chi connectivity index (χ0n) is 37.2. The second kappa shape index (κ2) is 17.9. The number of anilines is 1. The molecule has 0 aliphatic carbocycles. The van der Waals surface area contributed by atoms with Crippen molar-refractivity contribution in [2.24, 2.45) is 12.2 Å². The van der Waals surface area contributed by atoms with Crippen molar-refractivity contribution in [3.63, 3.8) is 0 Å². The maximum Gasteiger partial charge on any atom is 0.418 e. The summed E-state index contributed by atoms with van der Waals surface area (Å²) in [7, 11) is -3.18. The van der Waals surface area contributed by atoms with E-state index in [0.29, 0.717) is 30.3 Å². The van der Waals surface area contributed by atoms with Gasteiger partial charge in [0.2, 0.25) is 5.52 Å². The number of esters is 1. The molecule has 2 aliphatic heterocycles. The second-order valence-electron chi connectivity index (χ2n) is 18.4. The highest BCUT2D eigenvalue weighted by Crippen LogP contribution is 2.33. The third-order valence-electron chi connectivity index (χ3n) is 9.19. The van der Waals surface area contributed by atoms with Gasteiger partial charge in [-0.3, -0.25) is 19.5 Å². The molecule has 0 radical (unpaired) electrons. The zero-order chi connectivity index (χ0) is 47.0. The predicted molar refractivity (Wildman–Crippen MR) is 225 cm³/mol. The Morgan fingerprint density at radius 2 is 1.68 bits per heavy atom. The lowest BCUT2D eigenvalue weighted by Gasteiger charge is -2.50. The number of nitrogens with one attached hydrogen (secondary N) is 2. The monoisotopic (exact) mass is 923 g/mol. The molecule has 2 saturated heterocycles. The normalized spacial score (nSPS) is 18.7. The van der Waals surface area contributed by atoms with Crippen molar-refractivity contribution in [3.05, 3.63) is 35.5 Å². The van der Waals surface area contributed by atoms with E-state index in [2.05, 4.69) is 25.1 Å². The number of carbonyl (C=O) groups excluding carboxylic acids is 5. The van der Waals surface area contributed by atoms with E-state index in [9.17, 15) is 32.4 Å². The molecule has 24 heteroatoms. The first kappa shape index (κ1) is 48.4. The van der Waals surface area contributed by atoms with Crippen LogP contribution in [0, 0.1) is 0 Å². The molecule has 0 spiro atoms. The predicted octanol–water partition coefficient (Wildman–Crippen LogP) is 3.80. The van der Waals surface area contributed by atoms with Crippen LogP contribution in [0.1, 0.15) is 94.3 Å². The van der Waals surface area contributed by atoms with Crippen LogP contribution < -0.4 is 20.1 Å². The molecule has 3 N–H and O–H groups in total. The van der Waals surface area contributed by atoms with Crippen LogP contribution in [-0.4, -0.2) is 122 Å². The topological polar surface area (TPSA) is 260 Å². The Morgan fingerprint density at radius 1 is 1.03 bits per heavy atom. The highest BCUT2D eigenvalue weighted by Gasteiger charge is 2.58. The first-order valence-corrected chi connectivity index (χ1v) is 22.0. The maximum absolute atomic E-state index is 13.9. The molecule has 22 nitrogen and oxygen atoms in total. The van der Waals surface area contributed by atoms with Gasteiger partial charge in [0.25, 0.3) is 17.9 Å². The van der Waals surface area contributed by atoms with Crippen LogP contribution in [0.25, 0.3) is 10.9 Å². The van der Waals surface area contributed by atoms with E-state index in [1.165, 1.54) is 19.2 Å². The molecule has 5 rings (SSSR count). The lowest BCUT2D eigenvalue weighted by Crippen LogP contribution is -2.76. The number of benzene rings is 1. The number of rotatable bonds is 13. The van der Waals surface area contributed by atoms with Crippen molar-refractivity contribution in [3.8, 4) is 5.75 Å². The van der Waals surface area contributed by atoms with Gasteiger partial charge in [-0.25, -0.2) is 19.4 Å². The highest BCUT2D eigenvalue weighted by atomic mass is 32.3.